The van der Waals surface area contributed by atoms with Crippen molar-refractivity contribution in [1.82, 2.24) is 0 Å². The summed E-state index contributed by atoms with van der Waals surface area (Å²) in [6, 6.07) is 0.386. The third-order valence-corrected chi connectivity index (χ3v) is 2.20. The molecule has 1 heteroatoms. The zero-order chi connectivity index (χ0) is 7.98. The first kappa shape index (κ1) is 9.96. The lowest BCUT2D eigenvalue weighted by molar-refractivity contribution is 0.389. The summed E-state index contributed by atoms with van der Waals surface area (Å²) in [6.07, 6.45) is 5.17. The van der Waals surface area contributed by atoms with Crippen LogP contribution in [-0.4, -0.2) is 6.04 Å². The van der Waals surface area contributed by atoms with Gasteiger partial charge in [-0.25, -0.2) is 0 Å². The summed E-state index contributed by atoms with van der Waals surface area (Å²) in [4.78, 5) is 0. The van der Waals surface area contributed by atoms with E-state index < -0.39 is 0 Å². The Kier molecular flexibility index (Phi) is 5.70. The first-order valence-corrected chi connectivity index (χ1v) is 4.47. The highest BCUT2D eigenvalue weighted by atomic mass is 14.6. The topological polar surface area (TPSA) is 26.0 Å². The molecule has 0 heterocycles. The van der Waals surface area contributed by atoms with Gasteiger partial charge < -0.3 is 5.73 Å². The number of hydrogen-bond acceptors (Lipinski definition) is 1. The Morgan fingerprint density at radius 2 is 1.90 bits per heavy atom. The predicted octanol–water partition coefficient (Wildman–Crippen LogP) is 2.55. The average molecular weight is 143 g/mol. The monoisotopic (exact) mass is 143 g/mol. The third-order valence-electron chi connectivity index (χ3n) is 2.20. The SMILES string of the molecule is CCCCC(CC)[C@H](C)N. The Labute approximate surface area is 65.0 Å². The zero-order valence-corrected chi connectivity index (χ0v) is 7.56. The largest absolute Gasteiger partial charge is 0.328 e. The van der Waals surface area contributed by atoms with Crippen LogP contribution >= 0.6 is 0 Å². The molecule has 1 unspecified atom stereocenters. The maximum atomic E-state index is 5.79. The fourth-order valence-corrected chi connectivity index (χ4v) is 1.31. The minimum Gasteiger partial charge on any atom is -0.328 e. The second-order valence-corrected chi connectivity index (χ2v) is 3.17. The molecule has 0 saturated heterocycles. The van der Waals surface area contributed by atoms with Gasteiger partial charge in [-0.1, -0.05) is 33.1 Å². The molecule has 0 spiro atoms. The molecule has 0 saturated carbocycles. The molecule has 2 atom stereocenters. The Hall–Kier alpha value is -0.0400. The molecule has 62 valence electrons. The van der Waals surface area contributed by atoms with Crippen molar-refractivity contribution < 1.29 is 0 Å². The van der Waals surface area contributed by atoms with E-state index in [-0.39, 0.29) is 0 Å². The Balaban J connectivity index is 3.40. The second-order valence-electron chi connectivity index (χ2n) is 3.17. The minimum absolute atomic E-state index is 0.386. The minimum atomic E-state index is 0.386. The van der Waals surface area contributed by atoms with Crippen LogP contribution in [0.1, 0.15) is 46.5 Å². The second kappa shape index (κ2) is 5.72. The van der Waals surface area contributed by atoms with Crippen molar-refractivity contribution in [2.24, 2.45) is 11.7 Å². The average Bonchev–Trinajstić information content (AvgIpc) is 1.89. The number of unbranched alkanes of at least 4 members (excludes halogenated alkanes) is 1. The molecule has 0 radical (unpaired) electrons. The van der Waals surface area contributed by atoms with Gasteiger partial charge in [-0.3, -0.25) is 0 Å². The van der Waals surface area contributed by atoms with Crippen LogP contribution in [0, 0.1) is 5.92 Å². The molecule has 0 aliphatic carbocycles. The summed E-state index contributed by atoms with van der Waals surface area (Å²) >= 11 is 0. The number of rotatable bonds is 5. The standard InChI is InChI=1S/C9H21N/c1-4-6-7-9(5-2)8(3)10/h8-9H,4-7,10H2,1-3H3/t8-,9?/m0/s1. The van der Waals surface area contributed by atoms with Gasteiger partial charge in [0, 0.05) is 6.04 Å². The van der Waals surface area contributed by atoms with Gasteiger partial charge in [0.05, 0.1) is 0 Å². The van der Waals surface area contributed by atoms with E-state index >= 15 is 0 Å². The highest BCUT2D eigenvalue weighted by Gasteiger charge is 2.09. The molecule has 0 amide bonds. The van der Waals surface area contributed by atoms with Crippen LogP contribution < -0.4 is 5.73 Å². The summed E-state index contributed by atoms with van der Waals surface area (Å²) in [5, 5.41) is 0. The summed E-state index contributed by atoms with van der Waals surface area (Å²) in [5.74, 6) is 0.750. The van der Waals surface area contributed by atoms with Crippen molar-refractivity contribution in [2.75, 3.05) is 0 Å². The van der Waals surface area contributed by atoms with Crippen LogP contribution in [0.25, 0.3) is 0 Å². The number of nitrogens with two attached hydrogens (primary N) is 1. The maximum absolute atomic E-state index is 5.79. The lowest BCUT2D eigenvalue weighted by Crippen LogP contribution is -2.25. The Bertz CT molecular complexity index is 69.1. The molecular weight excluding hydrogens is 122 g/mol. The van der Waals surface area contributed by atoms with Crippen LogP contribution in [0.4, 0.5) is 0 Å². The van der Waals surface area contributed by atoms with Crippen LogP contribution in [0.15, 0.2) is 0 Å². The smallest absolute Gasteiger partial charge is 0.00386 e. The van der Waals surface area contributed by atoms with E-state index in [1.165, 1.54) is 25.7 Å². The van der Waals surface area contributed by atoms with Gasteiger partial charge in [0.2, 0.25) is 0 Å². The molecular formula is C9H21N. The Morgan fingerprint density at radius 3 is 2.20 bits per heavy atom. The first-order chi connectivity index (χ1) is 4.72. The molecule has 2 N–H and O–H groups in total. The van der Waals surface area contributed by atoms with Gasteiger partial charge >= 0.3 is 0 Å². The normalized spacial score (nSPS) is 16.8. The van der Waals surface area contributed by atoms with Crippen molar-refractivity contribution in [2.45, 2.75) is 52.5 Å². The van der Waals surface area contributed by atoms with E-state index in [0.717, 1.165) is 5.92 Å². The van der Waals surface area contributed by atoms with Gasteiger partial charge in [-0.05, 0) is 19.3 Å². The van der Waals surface area contributed by atoms with Crippen molar-refractivity contribution in [1.29, 1.82) is 0 Å². The quantitative estimate of drug-likeness (QED) is 0.629. The van der Waals surface area contributed by atoms with Crippen LogP contribution in [0.2, 0.25) is 0 Å². The summed E-state index contributed by atoms with van der Waals surface area (Å²) in [7, 11) is 0. The van der Waals surface area contributed by atoms with Gasteiger partial charge in [0.15, 0.2) is 0 Å². The van der Waals surface area contributed by atoms with Gasteiger partial charge in [-0.15, -0.1) is 0 Å². The summed E-state index contributed by atoms with van der Waals surface area (Å²) in [5.41, 5.74) is 5.79. The molecule has 1 nitrogen and oxygen atoms in total. The van der Waals surface area contributed by atoms with Crippen molar-refractivity contribution in [3.8, 4) is 0 Å². The first-order valence-electron chi connectivity index (χ1n) is 4.47. The molecule has 0 aromatic carbocycles. The van der Waals surface area contributed by atoms with Gasteiger partial charge in [0.1, 0.15) is 0 Å². The molecule has 0 bridgehead atoms. The maximum Gasteiger partial charge on any atom is 0.00386 e. The third kappa shape index (κ3) is 3.89. The molecule has 0 aromatic rings. The van der Waals surface area contributed by atoms with E-state index in [4.69, 9.17) is 5.73 Å². The van der Waals surface area contributed by atoms with E-state index in [2.05, 4.69) is 20.8 Å². The van der Waals surface area contributed by atoms with Crippen molar-refractivity contribution >= 4 is 0 Å². The number of hydrogen-bond donors (Lipinski definition) is 1. The van der Waals surface area contributed by atoms with Crippen LogP contribution in [0.5, 0.6) is 0 Å². The molecule has 0 aliphatic heterocycles. The summed E-state index contributed by atoms with van der Waals surface area (Å²) in [6.45, 7) is 6.57. The fourth-order valence-electron chi connectivity index (χ4n) is 1.31. The highest BCUT2D eigenvalue weighted by Crippen LogP contribution is 2.14. The van der Waals surface area contributed by atoms with Crippen molar-refractivity contribution in [3.63, 3.8) is 0 Å². The molecule has 0 fully saturated rings. The lowest BCUT2D eigenvalue weighted by atomic mass is 9.93. The fraction of sp³-hybridized carbons (Fsp3) is 1.00. The van der Waals surface area contributed by atoms with E-state index in [0.29, 0.717) is 6.04 Å². The van der Waals surface area contributed by atoms with Crippen LogP contribution in [0.3, 0.4) is 0 Å². The molecule has 0 rings (SSSR count). The lowest BCUT2D eigenvalue weighted by Gasteiger charge is -2.17. The zero-order valence-electron chi connectivity index (χ0n) is 7.56. The van der Waals surface area contributed by atoms with Gasteiger partial charge in [0.25, 0.3) is 0 Å². The molecule has 0 aromatic heterocycles. The molecule has 0 aliphatic rings. The van der Waals surface area contributed by atoms with E-state index in [9.17, 15) is 0 Å². The predicted molar refractivity (Wildman–Crippen MR) is 47.0 cm³/mol. The highest BCUT2D eigenvalue weighted by molar-refractivity contribution is 4.66. The summed E-state index contributed by atoms with van der Waals surface area (Å²) < 4.78 is 0. The van der Waals surface area contributed by atoms with Gasteiger partial charge in [-0.2, -0.15) is 0 Å². The van der Waals surface area contributed by atoms with Crippen molar-refractivity contribution in [3.05, 3.63) is 0 Å². The van der Waals surface area contributed by atoms with Crippen LogP contribution in [-0.2, 0) is 0 Å². The Morgan fingerprint density at radius 1 is 1.30 bits per heavy atom. The van der Waals surface area contributed by atoms with E-state index in [1.54, 1.807) is 0 Å². The molecule has 10 heavy (non-hydrogen) atoms. The van der Waals surface area contributed by atoms with E-state index in [1.807, 2.05) is 0 Å².